The van der Waals surface area contributed by atoms with Crippen LogP contribution in [0, 0.1) is 0 Å². The van der Waals surface area contributed by atoms with Crippen molar-refractivity contribution in [3.8, 4) is 16.9 Å². The van der Waals surface area contributed by atoms with E-state index in [4.69, 9.17) is 4.74 Å². The molecule has 1 N–H and O–H groups in total. The first-order valence-electron chi connectivity index (χ1n) is 7.69. The van der Waals surface area contributed by atoms with Crippen LogP contribution in [-0.4, -0.2) is 12.1 Å². The third kappa shape index (κ3) is 3.11. The summed E-state index contributed by atoms with van der Waals surface area (Å²) in [6.07, 6.45) is 0.981. The fraction of sp³-hybridized carbons (Fsp3) is 0.368. The number of hydrogen-bond donors (Lipinski definition) is 1. The van der Waals surface area contributed by atoms with Gasteiger partial charge in [0.25, 0.3) is 0 Å². The Balaban J connectivity index is 1.82. The highest BCUT2D eigenvalue weighted by Gasteiger charge is 2.29. The van der Waals surface area contributed by atoms with Gasteiger partial charge in [0.2, 0.25) is 0 Å². The number of nitrogens with one attached hydrogen (secondary N) is 1. The Kier molecular flexibility index (Phi) is 3.73. The van der Waals surface area contributed by atoms with E-state index in [1.54, 1.807) is 0 Å². The van der Waals surface area contributed by atoms with Crippen LogP contribution in [0.4, 0.5) is 0 Å². The van der Waals surface area contributed by atoms with Gasteiger partial charge in [-0.05, 0) is 54.8 Å². The van der Waals surface area contributed by atoms with Crippen LogP contribution in [0.15, 0.2) is 42.5 Å². The monoisotopic (exact) mass is 281 g/mol. The minimum Gasteiger partial charge on any atom is -0.487 e. The van der Waals surface area contributed by atoms with Crippen LogP contribution < -0.4 is 10.1 Å². The molecule has 0 saturated heterocycles. The van der Waals surface area contributed by atoms with Crippen molar-refractivity contribution in [3.63, 3.8) is 0 Å². The summed E-state index contributed by atoms with van der Waals surface area (Å²) in [5, 5.41) is 3.35. The molecule has 21 heavy (non-hydrogen) atoms. The molecule has 0 radical (unpaired) electrons. The second-order valence-corrected chi connectivity index (χ2v) is 6.34. The molecule has 2 aromatic carbocycles. The van der Waals surface area contributed by atoms with E-state index in [-0.39, 0.29) is 5.60 Å². The third-order valence-electron chi connectivity index (χ3n) is 3.93. The van der Waals surface area contributed by atoms with Crippen molar-refractivity contribution in [1.82, 2.24) is 5.32 Å². The molecular formula is C19H23NO. The van der Waals surface area contributed by atoms with Crippen LogP contribution in [0.1, 0.15) is 31.9 Å². The molecule has 2 heteroatoms. The van der Waals surface area contributed by atoms with Gasteiger partial charge in [-0.15, -0.1) is 0 Å². The highest BCUT2D eigenvalue weighted by molar-refractivity contribution is 5.66. The van der Waals surface area contributed by atoms with Gasteiger partial charge in [0, 0.05) is 13.0 Å². The van der Waals surface area contributed by atoms with Crippen molar-refractivity contribution in [1.29, 1.82) is 0 Å². The summed E-state index contributed by atoms with van der Waals surface area (Å²) in [7, 11) is 0. The number of rotatable bonds is 4. The molecule has 0 spiro atoms. The average Bonchev–Trinajstić information content (AvgIpc) is 2.78. The molecule has 2 nitrogen and oxygen atoms in total. The van der Waals surface area contributed by atoms with Crippen LogP contribution in [0.25, 0.3) is 11.1 Å². The summed E-state index contributed by atoms with van der Waals surface area (Å²) in [4.78, 5) is 0. The zero-order valence-corrected chi connectivity index (χ0v) is 13.1. The van der Waals surface area contributed by atoms with Gasteiger partial charge in [0.1, 0.15) is 11.4 Å². The smallest absolute Gasteiger partial charge is 0.123 e. The van der Waals surface area contributed by atoms with E-state index in [0.717, 1.165) is 25.3 Å². The van der Waals surface area contributed by atoms with Crippen molar-refractivity contribution in [2.45, 2.75) is 39.3 Å². The van der Waals surface area contributed by atoms with Gasteiger partial charge >= 0.3 is 0 Å². The Morgan fingerprint density at radius 2 is 1.76 bits per heavy atom. The second-order valence-electron chi connectivity index (χ2n) is 6.34. The molecule has 0 amide bonds. The standard InChI is InChI=1S/C19H23NO/c1-4-20-13-14-5-7-15(8-6-14)16-9-10-18-17(11-16)12-19(2,3)21-18/h5-11,20H,4,12-13H2,1-3H3. The fourth-order valence-corrected chi connectivity index (χ4v) is 2.87. The topological polar surface area (TPSA) is 21.3 Å². The van der Waals surface area contributed by atoms with E-state index >= 15 is 0 Å². The lowest BCUT2D eigenvalue weighted by Crippen LogP contribution is -2.24. The Morgan fingerprint density at radius 1 is 1.05 bits per heavy atom. The van der Waals surface area contributed by atoms with E-state index in [1.807, 2.05) is 0 Å². The minimum atomic E-state index is -0.0728. The summed E-state index contributed by atoms with van der Waals surface area (Å²) in [6, 6.07) is 15.3. The van der Waals surface area contributed by atoms with Crippen LogP contribution >= 0.6 is 0 Å². The Bertz CT molecular complexity index is 629. The Labute approximate surface area is 127 Å². The lowest BCUT2D eigenvalue weighted by molar-refractivity contribution is 0.138. The Morgan fingerprint density at radius 3 is 2.48 bits per heavy atom. The molecule has 0 aliphatic carbocycles. The summed E-state index contributed by atoms with van der Waals surface area (Å²) in [6.45, 7) is 8.35. The van der Waals surface area contributed by atoms with Crippen molar-refractivity contribution >= 4 is 0 Å². The number of ether oxygens (including phenoxy) is 1. The molecule has 0 unspecified atom stereocenters. The molecule has 0 aromatic heterocycles. The quantitative estimate of drug-likeness (QED) is 0.908. The van der Waals surface area contributed by atoms with Gasteiger partial charge in [-0.1, -0.05) is 37.3 Å². The maximum Gasteiger partial charge on any atom is 0.123 e. The lowest BCUT2D eigenvalue weighted by atomic mass is 9.97. The zero-order valence-electron chi connectivity index (χ0n) is 13.1. The summed E-state index contributed by atoms with van der Waals surface area (Å²) >= 11 is 0. The summed E-state index contributed by atoms with van der Waals surface area (Å²) < 4.78 is 5.94. The first-order valence-corrected chi connectivity index (χ1v) is 7.69. The average molecular weight is 281 g/mol. The molecule has 0 fully saturated rings. The number of fused-ring (bicyclic) bond motifs is 1. The molecule has 0 atom stereocenters. The van der Waals surface area contributed by atoms with Gasteiger partial charge in [-0.25, -0.2) is 0 Å². The van der Waals surface area contributed by atoms with Crippen molar-refractivity contribution in [3.05, 3.63) is 53.6 Å². The van der Waals surface area contributed by atoms with Gasteiger partial charge in [0.05, 0.1) is 0 Å². The molecule has 2 aromatic rings. The van der Waals surface area contributed by atoms with Crippen LogP contribution in [-0.2, 0) is 13.0 Å². The number of benzene rings is 2. The van der Waals surface area contributed by atoms with Crippen molar-refractivity contribution in [2.75, 3.05) is 6.54 Å². The van der Waals surface area contributed by atoms with Gasteiger partial charge in [0.15, 0.2) is 0 Å². The van der Waals surface area contributed by atoms with Crippen molar-refractivity contribution < 1.29 is 4.74 Å². The molecular weight excluding hydrogens is 258 g/mol. The maximum absolute atomic E-state index is 5.94. The molecule has 110 valence electrons. The highest BCUT2D eigenvalue weighted by Crippen LogP contribution is 2.37. The van der Waals surface area contributed by atoms with Crippen LogP contribution in [0.5, 0.6) is 5.75 Å². The maximum atomic E-state index is 5.94. The van der Waals surface area contributed by atoms with E-state index in [9.17, 15) is 0 Å². The molecule has 1 aliphatic heterocycles. The molecule has 1 heterocycles. The molecule has 3 rings (SSSR count). The summed E-state index contributed by atoms with van der Waals surface area (Å²) in [5.41, 5.74) is 5.10. The third-order valence-corrected chi connectivity index (χ3v) is 3.93. The highest BCUT2D eigenvalue weighted by atomic mass is 16.5. The van der Waals surface area contributed by atoms with Gasteiger partial charge in [-0.2, -0.15) is 0 Å². The number of hydrogen-bond acceptors (Lipinski definition) is 2. The second kappa shape index (κ2) is 5.53. The predicted molar refractivity (Wildman–Crippen MR) is 87.7 cm³/mol. The molecule has 0 bridgehead atoms. The normalized spacial score (nSPS) is 15.6. The van der Waals surface area contributed by atoms with E-state index < -0.39 is 0 Å². The SMILES string of the molecule is CCNCc1ccc(-c2ccc3c(c2)CC(C)(C)O3)cc1. The van der Waals surface area contributed by atoms with Gasteiger partial charge in [-0.3, -0.25) is 0 Å². The largest absolute Gasteiger partial charge is 0.487 e. The first kappa shape index (κ1) is 14.2. The van der Waals surface area contributed by atoms with E-state index in [1.165, 1.54) is 22.3 Å². The Hall–Kier alpha value is -1.80. The van der Waals surface area contributed by atoms with Crippen LogP contribution in [0.2, 0.25) is 0 Å². The molecule has 0 saturated carbocycles. The lowest BCUT2D eigenvalue weighted by Gasteiger charge is -2.16. The minimum absolute atomic E-state index is 0.0728. The van der Waals surface area contributed by atoms with Crippen molar-refractivity contribution in [2.24, 2.45) is 0 Å². The molecule has 1 aliphatic rings. The van der Waals surface area contributed by atoms with E-state index in [2.05, 4.69) is 68.6 Å². The van der Waals surface area contributed by atoms with Crippen LogP contribution in [0.3, 0.4) is 0 Å². The first-order chi connectivity index (χ1) is 10.1. The van der Waals surface area contributed by atoms with Gasteiger partial charge < -0.3 is 10.1 Å². The van der Waals surface area contributed by atoms with E-state index in [0.29, 0.717) is 0 Å². The summed E-state index contributed by atoms with van der Waals surface area (Å²) in [5.74, 6) is 1.03. The zero-order chi connectivity index (χ0) is 14.9. The predicted octanol–water partition coefficient (Wildman–Crippen LogP) is 4.18. The fourth-order valence-electron chi connectivity index (χ4n) is 2.87.